The summed E-state index contributed by atoms with van der Waals surface area (Å²) in [5, 5.41) is 0. The summed E-state index contributed by atoms with van der Waals surface area (Å²) >= 11 is 0. The number of carbonyl (C=O) groups is 1. The first-order valence-electron chi connectivity index (χ1n) is 6.66. The number of aromatic nitrogens is 1. The van der Waals surface area contributed by atoms with Crippen LogP contribution in [0.25, 0.3) is 0 Å². The van der Waals surface area contributed by atoms with Crippen LogP contribution in [0, 0.1) is 6.92 Å². The standard InChI is InChI=1S/C15H16N2O3/c1-10-13(15(19)20-16(10)2)14(18)17-9-5-7-11-6-3-4-8-12(11)17/h3-4,6,8H,5,7,9H2,1-2H3. The first-order valence-corrected chi connectivity index (χ1v) is 6.66. The molecule has 0 N–H and O–H groups in total. The van der Waals surface area contributed by atoms with Gasteiger partial charge in [0, 0.05) is 19.3 Å². The smallest absolute Gasteiger partial charge is 0.336 e. The highest BCUT2D eigenvalue weighted by Gasteiger charge is 2.28. The van der Waals surface area contributed by atoms with Crippen molar-refractivity contribution in [3.63, 3.8) is 0 Å². The molecular formula is C15H16N2O3. The van der Waals surface area contributed by atoms with E-state index in [2.05, 4.69) is 0 Å². The Balaban J connectivity index is 2.06. The lowest BCUT2D eigenvalue weighted by Crippen LogP contribution is -2.37. The molecule has 0 spiro atoms. The van der Waals surface area contributed by atoms with E-state index in [9.17, 15) is 9.59 Å². The van der Waals surface area contributed by atoms with Crippen molar-refractivity contribution in [1.82, 2.24) is 4.74 Å². The van der Waals surface area contributed by atoms with Crippen molar-refractivity contribution in [2.24, 2.45) is 7.05 Å². The van der Waals surface area contributed by atoms with E-state index in [0.29, 0.717) is 12.2 Å². The second kappa shape index (κ2) is 4.67. The van der Waals surface area contributed by atoms with E-state index in [1.807, 2.05) is 24.3 Å². The number of aryl methyl sites for hydroxylation is 2. The maximum atomic E-state index is 12.7. The van der Waals surface area contributed by atoms with Crippen LogP contribution in [0.3, 0.4) is 0 Å². The van der Waals surface area contributed by atoms with Crippen LogP contribution in [0.4, 0.5) is 5.69 Å². The highest BCUT2D eigenvalue weighted by Crippen LogP contribution is 2.28. The fourth-order valence-corrected chi connectivity index (χ4v) is 2.67. The van der Waals surface area contributed by atoms with Crippen molar-refractivity contribution >= 4 is 11.6 Å². The third-order valence-corrected chi connectivity index (χ3v) is 3.83. The van der Waals surface area contributed by atoms with Gasteiger partial charge in [0.05, 0.1) is 5.69 Å². The largest absolute Gasteiger partial charge is 0.370 e. The quantitative estimate of drug-likeness (QED) is 0.796. The number of nitrogens with zero attached hydrogens (tertiary/aromatic N) is 2. The van der Waals surface area contributed by atoms with Crippen molar-refractivity contribution in [1.29, 1.82) is 0 Å². The van der Waals surface area contributed by atoms with Crippen LogP contribution in [-0.4, -0.2) is 17.2 Å². The highest BCUT2D eigenvalue weighted by molar-refractivity contribution is 6.07. The van der Waals surface area contributed by atoms with E-state index >= 15 is 0 Å². The molecule has 2 heterocycles. The van der Waals surface area contributed by atoms with Gasteiger partial charge in [-0.1, -0.05) is 18.2 Å². The average Bonchev–Trinajstić information content (AvgIpc) is 2.71. The Morgan fingerprint density at radius 3 is 2.75 bits per heavy atom. The molecule has 3 rings (SSSR count). The molecule has 0 saturated heterocycles. The predicted octanol–water partition coefficient (Wildman–Crippen LogP) is 1.88. The number of carbonyl (C=O) groups excluding carboxylic acids is 1. The molecule has 5 nitrogen and oxygen atoms in total. The number of amides is 1. The molecule has 0 saturated carbocycles. The van der Waals surface area contributed by atoms with Crippen LogP contribution in [0.2, 0.25) is 0 Å². The molecule has 1 amide bonds. The molecule has 0 atom stereocenters. The van der Waals surface area contributed by atoms with E-state index in [1.54, 1.807) is 18.9 Å². The minimum Gasteiger partial charge on any atom is -0.336 e. The van der Waals surface area contributed by atoms with Crippen LogP contribution in [0.1, 0.15) is 28.0 Å². The summed E-state index contributed by atoms with van der Waals surface area (Å²) in [6.45, 7) is 2.34. The third-order valence-electron chi connectivity index (χ3n) is 3.83. The fraction of sp³-hybridized carbons (Fsp3) is 0.333. The zero-order valence-corrected chi connectivity index (χ0v) is 11.5. The number of rotatable bonds is 1. The van der Waals surface area contributed by atoms with Gasteiger partial charge in [0.25, 0.3) is 5.91 Å². The molecule has 0 bridgehead atoms. The van der Waals surface area contributed by atoms with Gasteiger partial charge in [0.1, 0.15) is 5.56 Å². The minimum absolute atomic E-state index is 0.129. The Morgan fingerprint density at radius 2 is 2.05 bits per heavy atom. The summed E-state index contributed by atoms with van der Waals surface area (Å²) in [5.74, 6) is -0.274. The van der Waals surface area contributed by atoms with Crippen LogP contribution in [0.5, 0.6) is 0 Å². The van der Waals surface area contributed by atoms with Gasteiger partial charge < -0.3 is 9.42 Å². The van der Waals surface area contributed by atoms with Crippen LogP contribution >= 0.6 is 0 Å². The van der Waals surface area contributed by atoms with Crippen LogP contribution < -0.4 is 10.5 Å². The molecule has 20 heavy (non-hydrogen) atoms. The monoisotopic (exact) mass is 272 g/mol. The second-order valence-corrected chi connectivity index (χ2v) is 5.03. The molecule has 1 aliphatic heterocycles. The maximum Gasteiger partial charge on any atom is 0.370 e. The predicted molar refractivity (Wildman–Crippen MR) is 75.1 cm³/mol. The van der Waals surface area contributed by atoms with Gasteiger partial charge in [-0.2, -0.15) is 0 Å². The molecular weight excluding hydrogens is 256 g/mol. The molecule has 1 aromatic carbocycles. The number of fused-ring (bicyclic) bond motifs is 1. The van der Waals surface area contributed by atoms with Crippen molar-refractivity contribution < 1.29 is 9.32 Å². The Labute approximate surface area is 116 Å². The molecule has 1 aromatic heterocycles. The molecule has 104 valence electrons. The lowest BCUT2D eigenvalue weighted by atomic mass is 10.0. The Hall–Kier alpha value is -2.30. The van der Waals surface area contributed by atoms with Crippen molar-refractivity contribution in [3.8, 4) is 0 Å². The zero-order chi connectivity index (χ0) is 14.3. The molecule has 0 unspecified atom stereocenters. The Bertz CT molecular complexity index is 727. The van der Waals surface area contributed by atoms with Gasteiger partial charge in [-0.15, -0.1) is 0 Å². The third kappa shape index (κ3) is 1.86. The van der Waals surface area contributed by atoms with E-state index in [1.165, 1.54) is 4.74 Å². The van der Waals surface area contributed by atoms with Crippen LogP contribution in [0.15, 0.2) is 33.6 Å². The first-order chi connectivity index (χ1) is 9.59. The fourth-order valence-electron chi connectivity index (χ4n) is 2.67. The van der Waals surface area contributed by atoms with E-state index in [4.69, 9.17) is 4.52 Å². The summed E-state index contributed by atoms with van der Waals surface area (Å²) in [6.07, 6.45) is 1.86. The second-order valence-electron chi connectivity index (χ2n) is 5.03. The molecule has 1 aliphatic rings. The van der Waals surface area contributed by atoms with Gasteiger partial charge in [-0.05, 0) is 31.4 Å². The van der Waals surface area contributed by atoms with Gasteiger partial charge in [0.15, 0.2) is 0 Å². The van der Waals surface area contributed by atoms with Gasteiger partial charge in [0.2, 0.25) is 0 Å². The number of hydrogen-bond acceptors (Lipinski definition) is 3. The number of para-hydroxylation sites is 1. The highest BCUT2D eigenvalue weighted by atomic mass is 16.5. The molecule has 0 fully saturated rings. The number of anilines is 1. The number of benzene rings is 1. The summed E-state index contributed by atoms with van der Waals surface area (Å²) in [4.78, 5) is 26.2. The van der Waals surface area contributed by atoms with Crippen molar-refractivity contribution in [2.45, 2.75) is 19.8 Å². The summed E-state index contributed by atoms with van der Waals surface area (Å²) in [5.41, 5.74) is 2.15. The lowest BCUT2D eigenvalue weighted by molar-refractivity contribution is 0.0982. The molecule has 2 aromatic rings. The van der Waals surface area contributed by atoms with Gasteiger partial charge in [-0.25, -0.2) is 9.53 Å². The Kier molecular flexibility index (Phi) is 2.97. The minimum atomic E-state index is -0.571. The van der Waals surface area contributed by atoms with E-state index in [0.717, 1.165) is 24.1 Å². The molecule has 5 heteroatoms. The Morgan fingerprint density at radius 1 is 1.30 bits per heavy atom. The van der Waals surface area contributed by atoms with Gasteiger partial charge in [-0.3, -0.25) is 4.79 Å². The topological polar surface area (TPSA) is 55.5 Å². The van der Waals surface area contributed by atoms with Crippen molar-refractivity contribution in [2.75, 3.05) is 11.4 Å². The summed E-state index contributed by atoms with van der Waals surface area (Å²) < 4.78 is 6.30. The SMILES string of the molecule is Cc1c(C(=O)N2CCCc3ccccc32)c(=O)on1C. The lowest BCUT2D eigenvalue weighted by Gasteiger charge is -2.29. The first kappa shape index (κ1) is 12.7. The maximum absolute atomic E-state index is 12.7. The molecule has 0 aliphatic carbocycles. The molecule has 0 radical (unpaired) electrons. The van der Waals surface area contributed by atoms with E-state index < -0.39 is 5.63 Å². The van der Waals surface area contributed by atoms with Gasteiger partial charge >= 0.3 is 5.63 Å². The average molecular weight is 272 g/mol. The summed E-state index contributed by atoms with van der Waals surface area (Å²) in [6, 6.07) is 7.82. The normalized spacial score (nSPS) is 14.2. The summed E-state index contributed by atoms with van der Waals surface area (Å²) in [7, 11) is 1.62. The number of hydrogen-bond donors (Lipinski definition) is 0. The zero-order valence-electron chi connectivity index (χ0n) is 11.5. The van der Waals surface area contributed by atoms with Crippen LogP contribution in [-0.2, 0) is 13.5 Å². The van der Waals surface area contributed by atoms with Crippen molar-refractivity contribution in [3.05, 3.63) is 51.5 Å². The van der Waals surface area contributed by atoms with E-state index in [-0.39, 0.29) is 11.5 Å².